The summed E-state index contributed by atoms with van der Waals surface area (Å²) in [5.74, 6) is -0.385. The fraction of sp³-hybridized carbons (Fsp3) is 0.368. The number of amides is 2. The molecular weight excluding hydrogens is 274 g/mol. The highest BCUT2D eigenvalue weighted by Gasteiger charge is 2.34. The van der Waals surface area contributed by atoms with Crippen LogP contribution < -0.4 is 0 Å². The van der Waals surface area contributed by atoms with E-state index >= 15 is 0 Å². The highest BCUT2D eigenvalue weighted by molar-refractivity contribution is 6.21. The Balaban J connectivity index is 0.00000102. The molecule has 0 saturated carbocycles. The SMILES string of the molecule is C=C/C=C(\C)CCN1C(=O)c2ccccc2C1=O.CC.CC. The van der Waals surface area contributed by atoms with Crippen molar-refractivity contribution in [1.82, 2.24) is 4.90 Å². The summed E-state index contributed by atoms with van der Waals surface area (Å²) in [6, 6.07) is 6.94. The van der Waals surface area contributed by atoms with Crippen molar-refractivity contribution in [3.05, 3.63) is 59.7 Å². The second-order valence-corrected chi connectivity index (χ2v) is 4.31. The topological polar surface area (TPSA) is 37.4 Å². The minimum absolute atomic E-state index is 0.193. The Morgan fingerprint density at radius 1 is 1.05 bits per heavy atom. The molecule has 0 spiro atoms. The van der Waals surface area contributed by atoms with Crippen molar-refractivity contribution in [2.24, 2.45) is 0 Å². The fourth-order valence-electron chi connectivity index (χ4n) is 2.01. The minimum atomic E-state index is -0.193. The molecule has 1 aromatic carbocycles. The van der Waals surface area contributed by atoms with Gasteiger partial charge in [-0.05, 0) is 25.5 Å². The van der Waals surface area contributed by atoms with E-state index in [1.807, 2.05) is 40.7 Å². The molecule has 1 heterocycles. The van der Waals surface area contributed by atoms with Crippen molar-refractivity contribution in [1.29, 1.82) is 0 Å². The molecule has 0 atom stereocenters. The van der Waals surface area contributed by atoms with Gasteiger partial charge in [0.2, 0.25) is 0 Å². The Kier molecular flexibility index (Phi) is 9.51. The summed E-state index contributed by atoms with van der Waals surface area (Å²) in [7, 11) is 0. The molecule has 3 nitrogen and oxygen atoms in total. The largest absolute Gasteiger partial charge is 0.274 e. The number of hydrogen-bond donors (Lipinski definition) is 0. The van der Waals surface area contributed by atoms with Crippen LogP contribution in [0.2, 0.25) is 0 Å². The lowest BCUT2D eigenvalue weighted by Gasteiger charge is -2.13. The van der Waals surface area contributed by atoms with Crippen LogP contribution >= 0.6 is 0 Å². The van der Waals surface area contributed by atoms with E-state index in [1.54, 1.807) is 30.3 Å². The summed E-state index contributed by atoms with van der Waals surface area (Å²) in [6.45, 7) is 14.0. The van der Waals surface area contributed by atoms with Crippen LogP contribution in [0.25, 0.3) is 0 Å². The van der Waals surface area contributed by atoms with Crippen molar-refractivity contribution in [3.63, 3.8) is 0 Å². The summed E-state index contributed by atoms with van der Waals surface area (Å²) in [4.78, 5) is 25.4. The maximum atomic E-state index is 12.0. The molecule has 1 aliphatic rings. The lowest BCUT2D eigenvalue weighted by atomic mass is 10.1. The maximum absolute atomic E-state index is 12.0. The van der Waals surface area contributed by atoms with E-state index in [0.717, 1.165) is 5.57 Å². The molecule has 1 aromatic rings. The molecule has 0 radical (unpaired) electrons. The number of fused-ring (bicyclic) bond motifs is 1. The van der Waals surface area contributed by atoms with Crippen LogP contribution in [0, 0.1) is 0 Å². The third kappa shape index (κ3) is 4.69. The van der Waals surface area contributed by atoms with Gasteiger partial charge >= 0.3 is 0 Å². The molecule has 0 aliphatic carbocycles. The first-order valence-electron chi connectivity index (χ1n) is 7.88. The third-order valence-corrected chi connectivity index (χ3v) is 3.01. The molecule has 0 bridgehead atoms. The molecule has 3 heteroatoms. The Morgan fingerprint density at radius 3 is 1.91 bits per heavy atom. The summed E-state index contributed by atoms with van der Waals surface area (Å²) in [5.41, 5.74) is 2.11. The van der Waals surface area contributed by atoms with Gasteiger partial charge in [-0.1, -0.05) is 64.1 Å². The Morgan fingerprint density at radius 2 is 1.50 bits per heavy atom. The van der Waals surface area contributed by atoms with Crippen LogP contribution in [-0.4, -0.2) is 23.3 Å². The van der Waals surface area contributed by atoms with E-state index in [2.05, 4.69) is 6.58 Å². The van der Waals surface area contributed by atoms with E-state index in [9.17, 15) is 9.59 Å². The van der Waals surface area contributed by atoms with Gasteiger partial charge in [-0.3, -0.25) is 14.5 Å². The van der Waals surface area contributed by atoms with Crippen LogP contribution in [0.4, 0.5) is 0 Å². The van der Waals surface area contributed by atoms with E-state index in [0.29, 0.717) is 24.1 Å². The number of hydrogen-bond acceptors (Lipinski definition) is 2. The Labute approximate surface area is 134 Å². The van der Waals surface area contributed by atoms with Gasteiger partial charge in [0.05, 0.1) is 11.1 Å². The highest BCUT2D eigenvalue weighted by atomic mass is 16.2. The molecule has 22 heavy (non-hydrogen) atoms. The second-order valence-electron chi connectivity index (χ2n) is 4.31. The van der Waals surface area contributed by atoms with Crippen LogP contribution in [0.3, 0.4) is 0 Å². The van der Waals surface area contributed by atoms with Crippen molar-refractivity contribution in [2.45, 2.75) is 41.0 Å². The standard InChI is InChI=1S/C15H15NO2.2C2H6/c1-3-6-11(2)9-10-16-14(17)12-7-4-5-8-13(12)15(16)18;2*1-2/h3-8H,1,9-10H2,2H3;2*1-2H3/b11-6+;;. The zero-order valence-electron chi connectivity index (χ0n) is 14.3. The van der Waals surface area contributed by atoms with Crippen molar-refractivity contribution in [2.75, 3.05) is 6.54 Å². The fourth-order valence-corrected chi connectivity index (χ4v) is 2.01. The third-order valence-electron chi connectivity index (χ3n) is 3.01. The van der Waals surface area contributed by atoms with Crippen molar-refractivity contribution in [3.8, 4) is 0 Å². The van der Waals surface area contributed by atoms with Crippen LogP contribution in [-0.2, 0) is 0 Å². The van der Waals surface area contributed by atoms with Crippen LogP contribution in [0.1, 0.15) is 61.8 Å². The molecule has 0 N–H and O–H groups in total. The second kappa shape index (κ2) is 10.6. The average molecular weight is 301 g/mol. The molecule has 0 fully saturated rings. The number of nitrogens with zero attached hydrogens (tertiary/aromatic N) is 1. The first kappa shape index (κ1) is 19.8. The number of rotatable bonds is 4. The van der Waals surface area contributed by atoms with Gasteiger partial charge in [0.15, 0.2) is 0 Å². The predicted octanol–water partition coefficient (Wildman–Crippen LogP) is 4.86. The zero-order valence-corrected chi connectivity index (χ0v) is 14.3. The number of carbonyl (C=O) groups is 2. The van der Waals surface area contributed by atoms with Gasteiger partial charge in [0.25, 0.3) is 11.8 Å². The number of imide groups is 1. The smallest absolute Gasteiger partial charge is 0.261 e. The van der Waals surface area contributed by atoms with Crippen LogP contribution in [0.15, 0.2) is 48.6 Å². The lowest BCUT2D eigenvalue weighted by molar-refractivity contribution is 0.0656. The van der Waals surface area contributed by atoms with Gasteiger partial charge in [-0.25, -0.2) is 0 Å². The molecule has 2 amide bonds. The molecule has 120 valence electrons. The molecule has 0 aromatic heterocycles. The monoisotopic (exact) mass is 301 g/mol. The Hall–Kier alpha value is -2.16. The van der Waals surface area contributed by atoms with Crippen molar-refractivity contribution >= 4 is 11.8 Å². The molecule has 2 rings (SSSR count). The maximum Gasteiger partial charge on any atom is 0.261 e. The summed E-state index contributed by atoms with van der Waals surface area (Å²) in [5, 5.41) is 0. The summed E-state index contributed by atoms with van der Waals surface area (Å²) < 4.78 is 0. The normalized spacial score (nSPS) is 12.8. The predicted molar refractivity (Wildman–Crippen MR) is 93.1 cm³/mol. The molecular formula is C19H27NO2. The van der Waals surface area contributed by atoms with Crippen molar-refractivity contribution < 1.29 is 9.59 Å². The van der Waals surface area contributed by atoms with Gasteiger partial charge in [-0.2, -0.15) is 0 Å². The zero-order chi connectivity index (χ0) is 17.1. The first-order valence-corrected chi connectivity index (χ1v) is 7.88. The van der Waals surface area contributed by atoms with E-state index in [-0.39, 0.29) is 11.8 Å². The van der Waals surface area contributed by atoms with Gasteiger partial charge in [-0.15, -0.1) is 0 Å². The van der Waals surface area contributed by atoms with Gasteiger partial charge in [0, 0.05) is 6.54 Å². The van der Waals surface area contributed by atoms with Gasteiger partial charge in [0.1, 0.15) is 0 Å². The summed E-state index contributed by atoms with van der Waals surface area (Å²) in [6.07, 6.45) is 4.27. The quantitative estimate of drug-likeness (QED) is 0.588. The average Bonchev–Trinajstić information content (AvgIpc) is 2.81. The molecule has 0 saturated heterocycles. The first-order chi connectivity index (χ1) is 10.6. The summed E-state index contributed by atoms with van der Waals surface area (Å²) >= 11 is 0. The molecule has 0 unspecified atom stereocenters. The van der Waals surface area contributed by atoms with E-state index < -0.39 is 0 Å². The number of allylic oxidation sites excluding steroid dienone is 2. The minimum Gasteiger partial charge on any atom is -0.274 e. The van der Waals surface area contributed by atoms with Crippen LogP contribution in [0.5, 0.6) is 0 Å². The number of benzene rings is 1. The Bertz CT molecular complexity index is 509. The molecule has 1 aliphatic heterocycles. The van der Waals surface area contributed by atoms with E-state index in [1.165, 1.54) is 4.90 Å². The van der Waals surface area contributed by atoms with Gasteiger partial charge < -0.3 is 0 Å². The number of carbonyl (C=O) groups excluding carboxylic acids is 2. The highest BCUT2D eigenvalue weighted by Crippen LogP contribution is 2.22. The lowest BCUT2D eigenvalue weighted by Crippen LogP contribution is -2.30. The van der Waals surface area contributed by atoms with E-state index in [4.69, 9.17) is 0 Å².